The van der Waals surface area contributed by atoms with Gasteiger partial charge in [-0.2, -0.15) is 0 Å². The van der Waals surface area contributed by atoms with Crippen molar-refractivity contribution in [3.8, 4) is 0 Å². The van der Waals surface area contributed by atoms with Gasteiger partial charge >= 0.3 is 5.97 Å². The Morgan fingerprint density at radius 3 is 2.40 bits per heavy atom. The normalized spacial score (nSPS) is 16.7. The number of carbonyl (C=O) groups is 2. The van der Waals surface area contributed by atoms with Crippen molar-refractivity contribution in [1.29, 1.82) is 0 Å². The van der Waals surface area contributed by atoms with E-state index in [0.29, 0.717) is 6.42 Å². The van der Waals surface area contributed by atoms with Gasteiger partial charge in [-0.3, -0.25) is 14.9 Å². The molecule has 6 heteroatoms. The SMILES string of the molecule is CCC(C)(N)NC(CCC(N)=O)C(=O)O. The number of nitrogens with one attached hydrogen (secondary N) is 1. The third-order valence-corrected chi connectivity index (χ3v) is 2.22. The molecule has 0 aliphatic heterocycles. The first kappa shape index (κ1) is 13.9. The van der Waals surface area contributed by atoms with Crippen LogP contribution in [0.5, 0.6) is 0 Å². The Balaban J connectivity index is 4.28. The van der Waals surface area contributed by atoms with E-state index in [9.17, 15) is 9.59 Å². The van der Waals surface area contributed by atoms with E-state index in [1.807, 2.05) is 6.92 Å². The summed E-state index contributed by atoms with van der Waals surface area (Å²) in [6.07, 6.45) is 0.772. The standard InChI is InChI=1S/C9H19N3O3/c1-3-9(2,11)12-6(8(14)15)4-5-7(10)13/h6,12H,3-5,11H2,1-2H3,(H2,10,13)(H,14,15). The van der Waals surface area contributed by atoms with Crippen LogP contribution in [0.4, 0.5) is 0 Å². The van der Waals surface area contributed by atoms with Gasteiger partial charge in [0.1, 0.15) is 6.04 Å². The fourth-order valence-corrected chi connectivity index (χ4v) is 1.04. The monoisotopic (exact) mass is 217 g/mol. The van der Waals surface area contributed by atoms with Crippen molar-refractivity contribution in [3.63, 3.8) is 0 Å². The summed E-state index contributed by atoms with van der Waals surface area (Å²) in [4.78, 5) is 21.4. The van der Waals surface area contributed by atoms with Crippen molar-refractivity contribution < 1.29 is 14.7 Å². The second-order valence-corrected chi connectivity index (χ2v) is 3.81. The molecule has 15 heavy (non-hydrogen) atoms. The molecule has 0 rings (SSSR count). The van der Waals surface area contributed by atoms with Crippen LogP contribution in [0.3, 0.4) is 0 Å². The van der Waals surface area contributed by atoms with E-state index < -0.39 is 23.6 Å². The van der Waals surface area contributed by atoms with Crippen LogP contribution in [0.25, 0.3) is 0 Å². The van der Waals surface area contributed by atoms with Gasteiger partial charge in [0.05, 0.1) is 5.66 Å². The molecule has 0 aliphatic carbocycles. The Hall–Kier alpha value is -1.14. The van der Waals surface area contributed by atoms with Gasteiger partial charge in [0.2, 0.25) is 5.91 Å². The summed E-state index contributed by atoms with van der Waals surface area (Å²) in [6.45, 7) is 3.55. The average molecular weight is 217 g/mol. The third kappa shape index (κ3) is 6.03. The van der Waals surface area contributed by atoms with Crippen LogP contribution in [0, 0.1) is 0 Å². The summed E-state index contributed by atoms with van der Waals surface area (Å²) < 4.78 is 0. The molecule has 0 radical (unpaired) electrons. The lowest BCUT2D eigenvalue weighted by Crippen LogP contribution is -2.57. The highest BCUT2D eigenvalue weighted by Crippen LogP contribution is 2.05. The first-order valence-corrected chi connectivity index (χ1v) is 4.86. The number of primary amides is 1. The second-order valence-electron chi connectivity index (χ2n) is 3.81. The minimum absolute atomic E-state index is 0.0315. The van der Waals surface area contributed by atoms with Gasteiger partial charge < -0.3 is 16.6 Å². The highest BCUT2D eigenvalue weighted by Gasteiger charge is 2.25. The highest BCUT2D eigenvalue weighted by molar-refractivity contribution is 5.77. The Labute approximate surface area is 89.0 Å². The molecule has 6 N–H and O–H groups in total. The summed E-state index contributed by atoms with van der Waals surface area (Å²) in [7, 11) is 0. The summed E-state index contributed by atoms with van der Waals surface area (Å²) in [5.41, 5.74) is 9.97. The van der Waals surface area contributed by atoms with Crippen molar-refractivity contribution in [2.24, 2.45) is 11.5 Å². The zero-order chi connectivity index (χ0) is 12.1. The number of rotatable bonds is 7. The van der Waals surface area contributed by atoms with E-state index >= 15 is 0 Å². The lowest BCUT2D eigenvalue weighted by atomic mass is 10.1. The lowest BCUT2D eigenvalue weighted by Gasteiger charge is -2.28. The topological polar surface area (TPSA) is 118 Å². The molecular weight excluding hydrogens is 198 g/mol. The zero-order valence-electron chi connectivity index (χ0n) is 9.12. The molecule has 0 aromatic carbocycles. The van der Waals surface area contributed by atoms with Gasteiger partial charge in [-0.15, -0.1) is 0 Å². The van der Waals surface area contributed by atoms with E-state index in [4.69, 9.17) is 16.6 Å². The van der Waals surface area contributed by atoms with Crippen LogP contribution < -0.4 is 16.8 Å². The minimum atomic E-state index is -1.03. The predicted octanol–water partition coefficient (Wildman–Crippen LogP) is -0.620. The van der Waals surface area contributed by atoms with Crippen LogP contribution in [-0.2, 0) is 9.59 Å². The number of carboxylic acid groups (broad SMARTS) is 1. The number of hydrogen-bond acceptors (Lipinski definition) is 4. The Morgan fingerprint density at radius 1 is 1.53 bits per heavy atom. The van der Waals surface area contributed by atoms with Gasteiger partial charge in [0.25, 0.3) is 0 Å². The first-order chi connectivity index (χ1) is 6.78. The molecule has 0 aliphatic rings. The van der Waals surface area contributed by atoms with E-state index in [0.717, 1.165) is 0 Å². The first-order valence-electron chi connectivity index (χ1n) is 4.86. The zero-order valence-corrected chi connectivity index (χ0v) is 9.12. The highest BCUT2D eigenvalue weighted by atomic mass is 16.4. The van der Waals surface area contributed by atoms with Crippen LogP contribution in [0.1, 0.15) is 33.1 Å². The maximum Gasteiger partial charge on any atom is 0.320 e. The molecule has 0 bridgehead atoms. The summed E-state index contributed by atoms with van der Waals surface area (Å²) >= 11 is 0. The minimum Gasteiger partial charge on any atom is -0.480 e. The quantitative estimate of drug-likeness (QED) is 0.424. The van der Waals surface area contributed by atoms with Crippen LogP contribution in [0.15, 0.2) is 0 Å². The van der Waals surface area contributed by atoms with E-state index in [1.165, 1.54) is 0 Å². The van der Waals surface area contributed by atoms with Crippen LogP contribution in [-0.4, -0.2) is 28.7 Å². The largest absolute Gasteiger partial charge is 0.480 e. The molecule has 0 fully saturated rings. The predicted molar refractivity (Wildman–Crippen MR) is 55.9 cm³/mol. The molecule has 88 valence electrons. The molecule has 2 unspecified atom stereocenters. The summed E-state index contributed by atoms with van der Waals surface area (Å²) in [6, 6.07) is -0.840. The molecule has 0 aromatic heterocycles. The van der Waals surface area contributed by atoms with Gasteiger partial charge in [0.15, 0.2) is 0 Å². The summed E-state index contributed by atoms with van der Waals surface area (Å²) in [5, 5.41) is 11.6. The van der Waals surface area contributed by atoms with Crippen molar-refractivity contribution in [2.75, 3.05) is 0 Å². The lowest BCUT2D eigenvalue weighted by molar-refractivity contribution is -0.140. The number of carbonyl (C=O) groups excluding carboxylic acids is 1. The van der Waals surface area contributed by atoms with Crippen molar-refractivity contribution in [3.05, 3.63) is 0 Å². The molecule has 2 atom stereocenters. The number of amides is 1. The Kier molecular flexibility index (Phi) is 5.24. The maximum absolute atomic E-state index is 10.8. The summed E-state index contributed by atoms with van der Waals surface area (Å²) in [5.74, 6) is -1.54. The molecule has 0 saturated heterocycles. The molecule has 0 heterocycles. The Bertz CT molecular complexity index is 241. The molecule has 6 nitrogen and oxygen atoms in total. The van der Waals surface area contributed by atoms with E-state index in [2.05, 4.69) is 5.32 Å². The second kappa shape index (κ2) is 5.67. The van der Waals surface area contributed by atoms with Gasteiger partial charge in [-0.05, 0) is 19.8 Å². The number of aliphatic carboxylic acids is 1. The van der Waals surface area contributed by atoms with Crippen molar-refractivity contribution in [2.45, 2.75) is 44.8 Å². The fraction of sp³-hybridized carbons (Fsp3) is 0.778. The fourth-order valence-electron chi connectivity index (χ4n) is 1.04. The number of nitrogens with two attached hydrogens (primary N) is 2. The Morgan fingerprint density at radius 2 is 2.07 bits per heavy atom. The van der Waals surface area contributed by atoms with Crippen LogP contribution >= 0.6 is 0 Å². The average Bonchev–Trinajstić information content (AvgIpc) is 2.11. The van der Waals surface area contributed by atoms with Crippen molar-refractivity contribution in [1.82, 2.24) is 5.32 Å². The molecular formula is C9H19N3O3. The third-order valence-electron chi connectivity index (χ3n) is 2.22. The molecule has 0 spiro atoms. The molecule has 0 saturated carbocycles. The van der Waals surface area contributed by atoms with Crippen LogP contribution in [0.2, 0.25) is 0 Å². The van der Waals surface area contributed by atoms with Gasteiger partial charge in [0, 0.05) is 6.42 Å². The van der Waals surface area contributed by atoms with E-state index in [1.54, 1.807) is 6.92 Å². The van der Waals surface area contributed by atoms with Gasteiger partial charge in [-0.25, -0.2) is 0 Å². The molecule has 0 aromatic rings. The number of carboxylic acids is 1. The van der Waals surface area contributed by atoms with Crippen molar-refractivity contribution >= 4 is 11.9 Å². The van der Waals surface area contributed by atoms with Gasteiger partial charge in [-0.1, -0.05) is 6.92 Å². The number of hydrogen-bond donors (Lipinski definition) is 4. The maximum atomic E-state index is 10.8. The molecule has 1 amide bonds. The van der Waals surface area contributed by atoms with E-state index in [-0.39, 0.29) is 12.8 Å². The smallest absolute Gasteiger partial charge is 0.320 e.